The van der Waals surface area contributed by atoms with Gasteiger partial charge in [0, 0.05) is 31.7 Å². The van der Waals surface area contributed by atoms with Crippen LogP contribution in [0.25, 0.3) is 21.8 Å². The number of aromatic nitrogens is 4. The fourth-order valence-corrected chi connectivity index (χ4v) is 5.34. The second-order valence-electron chi connectivity index (χ2n) is 10.7. The molecule has 3 N–H and O–H groups in total. The highest BCUT2D eigenvalue weighted by Gasteiger charge is 2.16. The average Bonchev–Trinajstić information content (AvgIpc) is 3.04. The lowest BCUT2D eigenvalue weighted by Gasteiger charge is -2.23. The first kappa shape index (κ1) is 33.2. The van der Waals surface area contributed by atoms with Crippen LogP contribution in [-0.2, 0) is 13.1 Å². The van der Waals surface area contributed by atoms with Crippen molar-refractivity contribution in [2.24, 2.45) is 0 Å². The third-order valence-electron chi connectivity index (χ3n) is 7.66. The molecule has 0 unspecified atom stereocenters. The van der Waals surface area contributed by atoms with E-state index in [1.807, 2.05) is 18.2 Å². The first-order chi connectivity index (χ1) is 21.4. The smallest absolute Gasteiger partial charge is 0.328 e. The van der Waals surface area contributed by atoms with E-state index in [1.165, 1.54) is 9.13 Å². The molecule has 12 heteroatoms. The SMILES string of the molecule is Cl.O=C(c1ccccc1)N(CCCCNCCCn1c(=O)[nH]c2ccccc2c1=O)CCCn1c(=O)[nH]c2ccccc2c1=O. The molecule has 11 nitrogen and oxygen atoms in total. The van der Waals surface area contributed by atoms with Gasteiger partial charge < -0.3 is 20.2 Å². The fourth-order valence-electron chi connectivity index (χ4n) is 5.34. The van der Waals surface area contributed by atoms with Crippen molar-refractivity contribution >= 4 is 40.1 Å². The number of rotatable bonds is 14. The monoisotopic (exact) mass is 632 g/mol. The van der Waals surface area contributed by atoms with Gasteiger partial charge in [-0.05, 0) is 75.2 Å². The molecular weight excluding hydrogens is 596 g/mol. The summed E-state index contributed by atoms with van der Waals surface area (Å²) in [5, 5.41) is 4.29. The predicted octanol–water partition coefficient (Wildman–Crippen LogP) is 3.11. The molecule has 45 heavy (non-hydrogen) atoms. The molecule has 0 fully saturated rings. The molecule has 0 bridgehead atoms. The summed E-state index contributed by atoms with van der Waals surface area (Å²) in [5.74, 6) is -0.0932. The summed E-state index contributed by atoms with van der Waals surface area (Å²) in [6.07, 6.45) is 2.64. The Bertz CT molecular complexity index is 1980. The molecule has 0 atom stereocenters. The van der Waals surface area contributed by atoms with Crippen LogP contribution in [0.1, 0.15) is 36.0 Å². The molecule has 0 saturated heterocycles. The number of para-hydroxylation sites is 2. The lowest BCUT2D eigenvalue weighted by atomic mass is 10.1. The van der Waals surface area contributed by atoms with Gasteiger partial charge >= 0.3 is 11.4 Å². The van der Waals surface area contributed by atoms with Gasteiger partial charge in [0.15, 0.2) is 0 Å². The van der Waals surface area contributed by atoms with Gasteiger partial charge in [0.2, 0.25) is 0 Å². The van der Waals surface area contributed by atoms with Crippen LogP contribution < -0.4 is 27.8 Å². The first-order valence-corrected chi connectivity index (χ1v) is 14.9. The topological polar surface area (TPSA) is 142 Å². The number of unbranched alkanes of at least 4 members (excludes halogenated alkanes) is 1. The number of aromatic amines is 2. The van der Waals surface area contributed by atoms with E-state index in [0.717, 1.165) is 19.4 Å². The number of carbonyl (C=O) groups excluding carboxylic acids is 1. The maximum absolute atomic E-state index is 13.3. The average molecular weight is 633 g/mol. The van der Waals surface area contributed by atoms with Gasteiger partial charge in [-0.25, -0.2) is 9.59 Å². The van der Waals surface area contributed by atoms with E-state index in [1.54, 1.807) is 65.6 Å². The van der Waals surface area contributed by atoms with Crippen LogP contribution in [0.15, 0.2) is 98.0 Å². The Morgan fingerprint density at radius 3 is 1.71 bits per heavy atom. The highest BCUT2D eigenvalue weighted by molar-refractivity contribution is 5.94. The Morgan fingerprint density at radius 1 is 0.622 bits per heavy atom. The molecule has 1 amide bonds. The van der Waals surface area contributed by atoms with Crippen molar-refractivity contribution in [3.8, 4) is 0 Å². The Balaban J connectivity index is 0.00000461. The minimum atomic E-state index is -0.462. The lowest BCUT2D eigenvalue weighted by Crippen LogP contribution is -2.38. The molecular formula is C33H37ClN6O5. The van der Waals surface area contributed by atoms with Crippen LogP contribution in [0, 0.1) is 0 Å². The lowest BCUT2D eigenvalue weighted by molar-refractivity contribution is 0.0748. The molecule has 0 spiro atoms. The fraction of sp³-hybridized carbons (Fsp3) is 0.303. The molecule has 2 aromatic heterocycles. The minimum Gasteiger partial charge on any atom is -0.339 e. The summed E-state index contributed by atoms with van der Waals surface area (Å²) in [5.41, 5.74) is 0.125. The van der Waals surface area contributed by atoms with Gasteiger partial charge in [-0.3, -0.25) is 23.5 Å². The molecule has 5 rings (SSSR count). The Hall–Kier alpha value is -4.74. The van der Waals surface area contributed by atoms with Crippen molar-refractivity contribution in [3.63, 3.8) is 0 Å². The summed E-state index contributed by atoms with van der Waals surface area (Å²) in [6, 6.07) is 22.9. The largest absolute Gasteiger partial charge is 0.339 e. The van der Waals surface area contributed by atoms with Crippen LogP contribution >= 0.6 is 12.4 Å². The van der Waals surface area contributed by atoms with Crippen molar-refractivity contribution in [1.29, 1.82) is 0 Å². The molecule has 236 valence electrons. The van der Waals surface area contributed by atoms with E-state index in [0.29, 0.717) is 66.4 Å². The van der Waals surface area contributed by atoms with Crippen molar-refractivity contribution < 1.29 is 4.79 Å². The van der Waals surface area contributed by atoms with Crippen LogP contribution in [-0.4, -0.2) is 56.1 Å². The first-order valence-electron chi connectivity index (χ1n) is 14.9. The standard InChI is InChI=1S/C33H36N6O5.ClH/c40-29(24-12-2-1-3-13-24)37(21-11-23-39-31(42)26-15-5-7-17-28(26)36-33(39)44)20-9-8-18-34-19-10-22-38-30(41)25-14-4-6-16-27(25)35-32(38)43;/h1-7,12-17,34H,8-11,18-23H2,(H,35,43)(H,36,44);1H. The van der Waals surface area contributed by atoms with Crippen molar-refractivity contribution in [2.75, 3.05) is 26.2 Å². The van der Waals surface area contributed by atoms with Crippen LogP contribution in [0.3, 0.4) is 0 Å². The zero-order valence-electron chi connectivity index (χ0n) is 24.9. The third kappa shape index (κ3) is 8.05. The summed E-state index contributed by atoms with van der Waals surface area (Å²) in [4.78, 5) is 71.0. The van der Waals surface area contributed by atoms with Crippen LogP contribution in [0.4, 0.5) is 0 Å². The maximum Gasteiger partial charge on any atom is 0.328 e. The van der Waals surface area contributed by atoms with E-state index in [4.69, 9.17) is 0 Å². The summed E-state index contributed by atoms with van der Waals surface area (Å²) >= 11 is 0. The van der Waals surface area contributed by atoms with Gasteiger partial charge in [0.25, 0.3) is 17.0 Å². The van der Waals surface area contributed by atoms with Crippen molar-refractivity contribution in [2.45, 2.75) is 38.8 Å². The molecule has 0 aliphatic rings. The second kappa shape index (κ2) is 15.8. The number of benzene rings is 3. The zero-order chi connectivity index (χ0) is 30.9. The number of hydrogen-bond donors (Lipinski definition) is 3. The Kier molecular flexibility index (Phi) is 11.7. The van der Waals surface area contributed by atoms with E-state index < -0.39 is 11.4 Å². The van der Waals surface area contributed by atoms with Crippen molar-refractivity contribution in [3.05, 3.63) is 126 Å². The quantitative estimate of drug-likeness (QED) is 0.161. The number of fused-ring (bicyclic) bond motifs is 2. The Labute approximate surface area is 264 Å². The minimum absolute atomic E-state index is 0. The summed E-state index contributed by atoms with van der Waals surface area (Å²) in [7, 11) is 0. The molecule has 0 aliphatic carbocycles. The number of halogens is 1. The van der Waals surface area contributed by atoms with Crippen LogP contribution in [0.2, 0.25) is 0 Å². The number of amides is 1. The second-order valence-corrected chi connectivity index (χ2v) is 10.7. The number of nitrogens with zero attached hydrogens (tertiary/aromatic N) is 3. The van der Waals surface area contributed by atoms with Crippen LogP contribution in [0.5, 0.6) is 0 Å². The van der Waals surface area contributed by atoms with Gasteiger partial charge in [-0.15, -0.1) is 12.4 Å². The number of H-pyrrole nitrogens is 2. The summed E-state index contributed by atoms with van der Waals surface area (Å²) < 4.78 is 2.42. The molecule has 0 radical (unpaired) electrons. The van der Waals surface area contributed by atoms with E-state index >= 15 is 0 Å². The van der Waals surface area contributed by atoms with Crippen molar-refractivity contribution in [1.82, 2.24) is 29.3 Å². The normalized spacial score (nSPS) is 11.0. The van der Waals surface area contributed by atoms with Gasteiger partial charge in [-0.2, -0.15) is 0 Å². The maximum atomic E-state index is 13.3. The molecule has 0 saturated carbocycles. The Morgan fingerprint density at radius 2 is 1.11 bits per heavy atom. The van der Waals surface area contributed by atoms with E-state index in [9.17, 15) is 24.0 Å². The molecule has 2 heterocycles. The van der Waals surface area contributed by atoms with Gasteiger partial charge in [-0.1, -0.05) is 42.5 Å². The highest BCUT2D eigenvalue weighted by Crippen LogP contribution is 2.09. The molecule has 3 aromatic carbocycles. The highest BCUT2D eigenvalue weighted by atomic mass is 35.5. The van der Waals surface area contributed by atoms with Gasteiger partial charge in [0.05, 0.1) is 21.8 Å². The molecule has 5 aromatic rings. The number of nitrogens with one attached hydrogen (secondary N) is 3. The van der Waals surface area contributed by atoms with E-state index in [-0.39, 0.29) is 36.0 Å². The summed E-state index contributed by atoms with van der Waals surface area (Å²) in [6.45, 7) is 2.80. The van der Waals surface area contributed by atoms with Gasteiger partial charge in [0.1, 0.15) is 0 Å². The predicted molar refractivity (Wildman–Crippen MR) is 179 cm³/mol. The number of carbonyl (C=O) groups is 1. The third-order valence-corrected chi connectivity index (χ3v) is 7.66. The molecule has 0 aliphatic heterocycles. The van der Waals surface area contributed by atoms with E-state index in [2.05, 4.69) is 15.3 Å². The zero-order valence-corrected chi connectivity index (χ0v) is 25.7. The number of hydrogen-bond acceptors (Lipinski definition) is 6.